The maximum absolute atomic E-state index is 12.5. The van der Waals surface area contributed by atoms with Crippen molar-refractivity contribution >= 4 is 17.2 Å². The van der Waals surface area contributed by atoms with Crippen molar-refractivity contribution in [2.45, 2.75) is 12.8 Å². The molecule has 2 aromatic rings. The van der Waals surface area contributed by atoms with Gasteiger partial charge in [-0.3, -0.25) is 4.79 Å². The predicted molar refractivity (Wildman–Crippen MR) is 82.8 cm³/mol. The molecule has 1 atom stereocenters. The van der Waals surface area contributed by atoms with E-state index in [-0.39, 0.29) is 5.91 Å². The number of aromatic nitrogens is 1. The number of hydrogen-bond acceptors (Lipinski definition) is 4. The third-order valence-electron chi connectivity index (χ3n) is 3.86. The van der Waals surface area contributed by atoms with E-state index in [4.69, 9.17) is 4.74 Å². The molecule has 0 N–H and O–H groups in total. The van der Waals surface area contributed by atoms with Crippen molar-refractivity contribution in [1.29, 1.82) is 0 Å². The lowest BCUT2D eigenvalue weighted by molar-refractivity contribution is 0.0787. The first-order valence-corrected chi connectivity index (χ1v) is 7.96. The number of carbonyl (C=O) groups is 1. The fourth-order valence-corrected chi connectivity index (χ4v) is 3.43. The van der Waals surface area contributed by atoms with Gasteiger partial charge in [0, 0.05) is 36.7 Å². The Morgan fingerprint density at radius 2 is 2.24 bits per heavy atom. The maximum atomic E-state index is 12.5. The molecule has 3 rings (SSSR count). The Kier molecular flexibility index (Phi) is 4.20. The van der Waals surface area contributed by atoms with Gasteiger partial charge in [0.05, 0.1) is 12.1 Å². The van der Waals surface area contributed by atoms with Gasteiger partial charge in [0.1, 0.15) is 5.75 Å². The summed E-state index contributed by atoms with van der Waals surface area (Å²) in [5, 5.41) is 3.17. The highest BCUT2D eigenvalue weighted by Gasteiger charge is 2.27. The lowest BCUT2D eigenvalue weighted by atomic mass is 10.1. The van der Waals surface area contributed by atoms with Crippen LogP contribution >= 0.6 is 11.3 Å². The summed E-state index contributed by atoms with van der Waals surface area (Å²) in [4.78, 5) is 18.7. The minimum atomic E-state index is 0.110. The molecule has 0 bridgehead atoms. The van der Waals surface area contributed by atoms with Crippen LogP contribution in [0.1, 0.15) is 21.8 Å². The number of hydrogen-bond donors (Lipinski definition) is 0. The van der Waals surface area contributed by atoms with Crippen molar-refractivity contribution in [3.8, 4) is 5.75 Å². The Labute approximate surface area is 128 Å². The second kappa shape index (κ2) is 6.26. The standard InChI is InChI=1S/C16H18N2O2S/c1-20-14-4-2-13(3-5-14)16(19)18-8-6-12(11-18)10-15-17-7-9-21-15/h2-5,7,9,12H,6,8,10-11H2,1H3. The van der Waals surface area contributed by atoms with Crippen molar-refractivity contribution in [3.63, 3.8) is 0 Å². The van der Waals surface area contributed by atoms with E-state index in [1.54, 1.807) is 18.4 Å². The number of benzene rings is 1. The topological polar surface area (TPSA) is 42.4 Å². The van der Waals surface area contributed by atoms with Crippen LogP contribution in [0.15, 0.2) is 35.8 Å². The SMILES string of the molecule is COc1ccc(C(=O)N2CCC(Cc3nccs3)C2)cc1. The number of thiazole rings is 1. The van der Waals surface area contributed by atoms with Gasteiger partial charge in [-0.15, -0.1) is 11.3 Å². The van der Waals surface area contributed by atoms with Crippen molar-refractivity contribution in [1.82, 2.24) is 9.88 Å². The number of likely N-dealkylation sites (tertiary alicyclic amines) is 1. The Morgan fingerprint density at radius 1 is 1.43 bits per heavy atom. The van der Waals surface area contributed by atoms with E-state index in [1.807, 2.05) is 40.7 Å². The molecule has 1 aromatic carbocycles. The van der Waals surface area contributed by atoms with Crippen LogP contribution in [0.5, 0.6) is 5.75 Å². The Morgan fingerprint density at radius 3 is 2.90 bits per heavy atom. The van der Waals surface area contributed by atoms with E-state index in [2.05, 4.69) is 4.98 Å². The summed E-state index contributed by atoms with van der Waals surface area (Å²) in [5.41, 5.74) is 0.727. The molecule has 0 saturated carbocycles. The van der Waals surface area contributed by atoms with E-state index < -0.39 is 0 Å². The van der Waals surface area contributed by atoms with Crippen LogP contribution in [0.25, 0.3) is 0 Å². The highest BCUT2D eigenvalue weighted by atomic mass is 32.1. The molecule has 21 heavy (non-hydrogen) atoms. The molecule has 0 aliphatic carbocycles. The van der Waals surface area contributed by atoms with Gasteiger partial charge >= 0.3 is 0 Å². The average molecular weight is 302 g/mol. The van der Waals surface area contributed by atoms with Crippen LogP contribution in [0.2, 0.25) is 0 Å². The maximum Gasteiger partial charge on any atom is 0.253 e. The monoisotopic (exact) mass is 302 g/mol. The smallest absolute Gasteiger partial charge is 0.253 e. The molecule has 110 valence electrons. The van der Waals surface area contributed by atoms with Crippen LogP contribution in [-0.4, -0.2) is 36.0 Å². The zero-order valence-corrected chi connectivity index (χ0v) is 12.8. The highest BCUT2D eigenvalue weighted by molar-refractivity contribution is 7.09. The molecule has 0 radical (unpaired) electrons. The lowest BCUT2D eigenvalue weighted by Crippen LogP contribution is -2.28. The van der Waals surface area contributed by atoms with Gasteiger partial charge in [-0.2, -0.15) is 0 Å². The third kappa shape index (κ3) is 3.24. The van der Waals surface area contributed by atoms with Crippen LogP contribution in [-0.2, 0) is 6.42 Å². The van der Waals surface area contributed by atoms with Crippen LogP contribution < -0.4 is 4.74 Å². The van der Waals surface area contributed by atoms with Crippen molar-refractivity contribution in [3.05, 3.63) is 46.4 Å². The van der Waals surface area contributed by atoms with E-state index in [0.29, 0.717) is 5.92 Å². The van der Waals surface area contributed by atoms with Crippen LogP contribution in [0.3, 0.4) is 0 Å². The predicted octanol–water partition coefficient (Wildman–Crippen LogP) is 2.86. The molecule has 2 heterocycles. The fourth-order valence-electron chi connectivity index (χ4n) is 2.70. The van der Waals surface area contributed by atoms with E-state index >= 15 is 0 Å². The minimum absolute atomic E-state index is 0.110. The molecule has 1 aromatic heterocycles. The molecular weight excluding hydrogens is 284 g/mol. The minimum Gasteiger partial charge on any atom is -0.497 e. The first-order chi connectivity index (χ1) is 10.3. The molecule has 5 heteroatoms. The fraction of sp³-hybridized carbons (Fsp3) is 0.375. The van der Waals surface area contributed by atoms with Gasteiger partial charge in [0.15, 0.2) is 0 Å². The van der Waals surface area contributed by atoms with Crippen molar-refractivity contribution < 1.29 is 9.53 Å². The number of carbonyl (C=O) groups excluding carboxylic acids is 1. The zero-order valence-electron chi connectivity index (χ0n) is 12.0. The summed E-state index contributed by atoms with van der Waals surface area (Å²) in [6, 6.07) is 7.32. The van der Waals surface area contributed by atoms with E-state index in [1.165, 1.54) is 5.01 Å². The van der Waals surface area contributed by atoms with E-state index in [0.717, 1.165) is 37.2 Å². The summed E-state index contributed by atoms with van der Waals surface area (Å²) in [6.45, 7) is 1.66. The van der Waals surface area contributed by atoms with Gasteiger partial charge < -0.3 is 9.64 Å². The normalized spacial score (nSPS) is 18.0. The van der Waals surface area contributed by atoms with E-state index in [9.17, 15) is 4.79 Å². The molecule has 1 aliphatic rings. The van der Waals surface area contributed by atoms with Gasteiger partial charge in [0.25, 0.3) is 5.91 Å². The summed E-state index contributed by atoms with van der Waals surface area (Å²) in [5.74, 6) is 1.41. The van der Waals surface area contributed by atoms with Crippen molar-refractivity contribution in [2.75, 3.05) is 20.2 Å². The first-order valence-electron chi connectivity index (χ1n) is 7.08. The molecular formula is C16H18N2O2S. The number of rotatable bonds is 4. The Balaban J connectivity index is 1.60. The van der Waals surface area contributed by atoms with Gasteiger partial charge in [-0.25, -0.2) is 4.98 Å². The number of nitrogens with zero attached hydrogens (tertiary/aromatic N) is 2. The molecule has 0 spiro atoms. The number of ether oxygens (including phenoxy) is 1. The second-order valence-corrected chi connectivity index (χ2v) is 6.24. The highest BCUT2D eigenvalue weighted by Crippen LogP contribution is 2.23. The van der Waals surface area contributed by atoms with Gasteiger partial charge in [-0.05, 0) is 36.6 Å². The van der Waals surface area contributed by atoms with Crippen molar-refractivity contribution in [2.24, 2.45) is 5.92 Å². The third-order valence-corrected chi connectivity index (χ3v) is 4.66. The molecule has 4 nitrogen and oxygen atoms in total. The largest absolute Gasteiger partial charge is 0.497 e. The van der Waals surface area contributed by atoms with Gasteiger partial charge in [0.2, 0.25) is 0 Å². The number of methoxy groups -OCH3 is 1. The molecule has 1 unspecified atom stereocenters. The summed E-state index contributed by atoms with van der Waals surface area (Å²) >= 11 is 1.69. The molecule has 1 saturated heterocycles. The molecule has 1 amide bonds. The quantitative estimate of drug-likeness (QED) is 0.872. The lowest BCUT2D eigenvalue weighted by Gasteiger charge is -2.16. The second-order valence-electron chi connectivity index (χ2n) is 5.26. The summed E-state index contributed by atoms with van der Waals surface area (Å²) < 4.78 is 5.12. The summed E-state index contributed by atoms with van der Waals surface area (Å²) in [6.07, 6.45) is 3.88. The Hall–Kier alpha value is -1.88. The van der Waals surface area contributed by atoms with Gasteiger partial charge in [-0.1, -0.05) is 0 Å². The molecule has 1 fully saturated rings. The van der Waals surface area contributed by atoms with Crippen LogP contribution in [0, 0.1) is 5.92 Å². The Bertz CT molecular complexity index is 595. The zero-order chi connectivity index (χ0) is 14.7. The number of amides is 1. The van der Waals surface area contributed by atoms with Crippen LogP contribution in [0.4, 0.5) is 0 Å². The first kappa shape index (κ1) is 14.1. The molecule has 1 aliphatic heterocycles. The summed E-state index contributed by atoms with van der Waals surface area (Å²) in [7, 11) is 1.63. The average Bonchev–Trinajstić information content (AvgIpc) is 3.19.